The smallest absolute Gasteiger partial charge is 0.251 e. The molecule has 0 fully saturated rings. The minimum absolute atomic E-state index is 0.164. The summed E-state index contributed by atoms with van der Waals surface area (Å²) in [5.74, 6) is 1.27. The molecule has 1 aromatic heterocycles. The molecule has 1 N–H and O–H groups in total. The second-order valence-electron chi connectivity index (χ2n) is 5.69. The van der Waals surface area contributed by atoms with Gasteiger partial charge in [0, 0.05) is 17.2 Å². The van der Waals surface area contributed by atoms with Crippen LogP contribution < -0.4 is 10.1 Å². The van der Waals surface area contributed by atoms with Crippen molar-refractivity contribution in [3.63, 3.8) is 0 Å². The van der Waals surface area contributed by atoms with Crippen LogP contribution in [0.25, 0.3) is 11.3 Å². The number of carbonyl (C=O) groups is 1. The standard InChI is InChI=1S/C20H20N2O3/c1-3-24-18-10-8-16(9-11-18)20(23)21-13-17-12-19(25-22-17)15-6-4-14(2)5-7-15/h4-12H,3,13H2,1-2H3,(H,21,23). The topological polar surface area (TPSA) is 64.4 Å². The molecule has 0 aliphatic heterocycles. The van der Waals surface area contributed by atoms with Gasteiger partial charge in [-0.05, 0) is 38.1 Å². The lowest BCUT2D eigenvalue weighted by Gasteiger charge is -2.05. The molecule has 0 aliphatic carbocycles. The fraction of sp³-hybridized carbons (Fsp3) is 0.200. The number of rotatable bonds is 6. The zero-order valence-electron chi connectivity index (χ0n) is 14.3. The van der Waals surface area contributed by atoms with Gasteiger partial charge in [0.1, 0.15) is 11.4 Å². The molecule has 3 aromatic rings. The SMILES string of the molecule is CCOc1ccc(C(=O)NCc2cc(-c3ccc(C)cc3)on2)cc1. The Morgan fingerprint density at radius 3 is 2.52 bits per heavy atom. The number of hydrogen-bond acceptors (Lipinski definition) is 4. The summed E-state index contributed by atoms with van der Waals surface area (Å²) in [5.41, 5.74) is 3.40. The summed E-state index contributed by atoms with van der Waals surface area (Å²) in [6.45, 7) is 4.86. The number of hydrogen-bond donors (Lipinski definition) is 1. The minimum Gasteiger partial charge on any atom is -0.494 e. The monoisotopic (exact) mass is 336 g/mol. The van der Waals surface area contributed by atoms with Gasteiger partial charge in [-0.2, -0.15) is 0 Å². The lowest BCUT2D eigenvalue weighted by molar-refractivity contribution is 0.0950. The predicted octanol–water partition coefficient (Wildman–Crippen LogP) is 3.98. The predicted molar refractivity (Wildman–Crippen MR) is 95.5 cm³/mol. The number of carbonyl (C=O) groups excluding carboxylic acids is 1. The molecule has 0 saturated carbocycles. The first-order valence-electron chi connectivity index (χ1n) is 8.19. The van der Waals surface area contributed by atoms with Crippen LogP contribution in [0.2, 0.25) is 0 Å². The first-order valence-corrected chi connectivity index (χ1v) is 8.19. The molecule has 0 unspecified atom stereocenters. The summed E-state index contributed by atoms with van der Waals surface area (Å²) in [6.07, 6.45) is 0. The van der Waals surface area contributed by atoms with Crippen LogP contribution in [0.3, 0.4) is 0 Å². The van der Waals surface area contributed by atoms with Crippen LogP contribution in [0.15, 0.2) is 59.1 Å². The van der Waals surface area contributed by atoms with Gasteiger partial charge in [-0.1, -0.05) is 35.0 Å². The third-order valence-electron chi connectivity index (χ3n) is 3.75. The Hall–Kier alpha value is -3.08. The average Bonchev–Trinajstić information content (AvgIpc) is 3.10. The highest BCUT2D eigenvalue weighted by Crippen LogP contribution is 2.20. The van der Waals surface area contributed by atoms with E-state index in [0.717, 1.165) is 11.3 Å². The molecular weight excluding hydrogens is 316 g/mol. The highest BCUT2D eigenvalue weighted by molar-refractivity contribution is 5.94. The van der Waals surface area contributed by atoms with Gasteiger partial charge in [-0.25, -0.2) is 0 Å². The summed E-state index contributed by atoms with van der Waals surface area (Å²) in [7, 11) is 0. The molecule has 0 atom stereocenters. The van der Waals surface area contributed by atoms with Gasteiger partial charge in [0.15, 0.2) is 5.76 Å². The third kappa shape index (κ3) is 4.26. The first-order chi connectivity index (χ1) is 12.2. The lowest BCUT2D eigenvalue weighted by atomic mass is 10.1. The summed E-state index contributed by atoms with van der Waals surface area (Å²) >= 11 is 0. The summed E-state index contributed by atoms with van der Waals surface area (Å²) in [5, 5.41) is 6.85. The molecular formula is C20H20N2O3. The van der Waals surface area contributed by atoms with Crippen molar-refractivity contribution in [2.24, 2.45) is 0 Å². The van der Waals surface area contributed by atoms with Gasteiger partial charge in [0.05, 0.1) is 13.2 Å². The van der Waals surface area contributed by atoms with Crippen LogP contribution in [-0.4, -0.2) is 17.7 Å². The Morgan fingerprint density at radius 2 is 1.84 bits per heavy atom. The molecule has 0 aliphatic rings. The fourth-order valence-corrected chi connectivity index (χ4v) is 2.39. The van der Waals surface area contributed by atoms with Crippen LogP contribution in [0.4, 0.5) is 0 Å². The van der Waals surface area contributed by atoms with Gasteiger partial charge in [0.2, 0.25) is 0 Å². The van der Waals surface area contributed by atoms with Crippen molar-refractivity contribution in [2.75, 3.05) is 6.61 Å². The number of aryl methyl sites for hydroxylation is 1. The fourth-order valence-electron chi connectivity index (χ4n) is 2.39. The van der Waals surface area contributed by atoms with Crippen molar-refractivity contribution in [3.05, 3.63) is 71.4 Å². The van der Waals surface area contributed by atoms with Gasteiger partial charge in [-0.15, -0.1) is 0 Å². The van der Waals surface area contributed by atoms with Crippen LogP contribution in [0, 0.1) is 6.92 Å². The molecule has 0 spiro atoms. The zero-order valence-corrected chi connectivity index (χ0v) is 14.3. The van der Waals surface area contributed by atoms with Crippen LogP contribution in [-0.2, 0) is 6.54 Å². The number of amides is 1. The zero-order chi connectivity index (χ0) is 17.6. The molecule has 1 amide bonds. The van der Waals surface area contributed by atoms with Gasteiger partial charge >= 0.3 is 0 Å². The highest BCUT2D eigenvalue weighted by atomic mass is 16.5. The Bertz CT molecular complexity index is 836. The van der Waals surface area contributed by atoms with E-state index in [-0.39, 0.29) is 5.91 Å². The molecule has 128 valence electrons. The average molecular weight is 336 g/mol. The first kappa shape index (κ1) is 16.8. The minimum atomic E-state index is -0.164. The molecule has 2 aromatic carbocycles. The van der Waals surface area contributed by atoms with E-state index in [1.165, 1.54) is 5.56 Å². The van der Waals surface area contributed by atoms with E-state index in [1.54, 1.807) is 24.3 Å². The van der Waals surface area contributed by atoms with Crippen molar-refractivity contribution >= 4 is 5.91 Å². The van der Waals surface area contributed by atoms with E-state index in [9.17, 15) is 4.79 Å². The largest absolute Gasteiger partial charge is 0.494 e. The van der Waals surface area contributed by atoms with Crippen LogP contribution in [0.5, 0.6) is 5.75 Å². The van der Waals surface area contributed by atoms with Crippen molar-refractivity contribution in [1.82, 2.24) is 10.5 Å². The third-order valence-corrected chi connectivity index (χ3v) is 3.75. The maximum absolute atomic E-state index is 12.2. The van der Waals surface area contributed by atoms with Crippen molar-refractivity contribution in [2.45, 2.75) is 20.4 Å². The Morgan fingerprint density at radius 1 is 1.12 bits per heavy atom. The molecule has 3 rings (SSSR count). The van der Waals surface area contributed by atoms with Gasteiger partial charge in [-0.3, -0.25) is 4.79 Å². The molecule has 5 nitrogen and oxygen atoms in total. The van der Waals surface area contributed by atoms with Gasteiger partial charge in [0.25, 0.3) is 5.91 Å². The van der Waals surface area contributed by atoms with E-state index in [1.807, 2.05) is 44.2 Å². The van der Waals surface area contributed by atoms with E-state index < -0.39 is 0 Å². The molecule has 0 saturated heterocycles. The second kappa shape index (κ2) is 7.66. The molecule has 0 radical (unpaired) electrons. The summed E-state index contributed by atoms with van der Waals surface area (Å²) in [6, 6.07) is 16.9. The lowest BCUT2D eigenvalue weighted by Crippen LogP contribution is -2.22. The Kier molecular flexibility index (Phi) is 5.14. The van der Waals surface area contributed by atoms with Crippen LogP contribution >= 0.6 is 0 Å². The van der Waals surface area contributed by atoms with E-state index >= 15 is 0 Å². The second-order valence-corrected chi connectivity index (χ2v) is 5.69. The van der Waals surface area contributed by atoms with Crippen LogP contribution in [0.1, 0.15) is 28.5 Å². The van der Waals surface area contributed by atoms with E-state index in [4.69, 9.17) is 9.26 Å². The van der Waals surface area contributed by atoms with E-state index in [0.29, 0.717) is 30.2 Å². The number of benzene rings is 2. The Labute approximate surface area is 146 Å². The highest BCUT2D eigenvalue weighted by Gasteiger charge is 2.09. The number of nitrogens with one attached hydrogen (secondary N) is 1. The number of nitrogens with zero attached hydrogens (tertiary/aromatic N) is 1. The van der Waals surface area contributed by atoms with Crippen molar-refractivity contribution in [1.29, 1.82) is 0 Å². The number of aromatic nitrogens is 1. The summed E-state index contributed by atoms with van der Waals surface area (Å²) < 4.78 is 10.7. The maximum Gasteiger partial charge on any atom is 0.251 e. The molecule has 0 bridgehead atoms. The normalized spacial score (nSPS) is 10.5. The molecule has 1 heterocycles. The summed E-state index contributed by atoms with van der Waals surface area (Å²) in [4.78, 5) is 12.2. The van der Waals surface area contributed by atoms with Gasteiger partial charge < -0.3 is 14.6 Å². The van der Waals surface area contributed by atoms with E-state index in [2.05, 4.69) is 10.5 Å². The number of ether oxygens (including phenoxy) is 1. The molecule has 25 heavy (non-hydrogen) atoms. The maximum atomic E-state index is 12.2. The molecule has 5 heteroatoms. The van der Waals surface area contributed by atoms with Crippen molar-refractivity contribution < 1.29 is 14.1 Å². The Balaban J connectivity index is 1.60. The quantitative estimate of drug-likeness (QED) is 0.739. The van der Waals surface area contributed by atoms with Crippen molar-refractivity contribution in [3.8, 4) is 17.1 Å².